The number of esters is 2. The van der Waals surface area contributed by atoms with Gasteiger partial charge in [0.15, 0.2) is 0 Å². The average molecular weight is 733 g/mol. The number of allylic oxidation sites excluding steroid dienone is 5. The van der Waals surface area contributed by atoms with Gasteiger partial charge in [-0.1, -0.05) is 205 Å². The van der Waals surface area contributed by atoms with Gasteiger partial charge >= 0.3 is 11.9 Å². The minimum absolute atomic E-state index is 0.140. The van der Waals surface area contributed by atoms with E-state index >= 15 is 0 Å². The van der Waals surface area contributed by atoms with Crippen LogP contribution in [0.1, 0.15) is 213 Å². The summed E-state index contributed by atoms with van der Waals surface area (Å²) in [5.41, 5.74) is 0. The Bertz CT molecular complexity index is 865. The minimum atomic E-state index is -0.995. The van der Waals surface area contributed by atoms with Gasteiger partial charge in [0.2, 0.25) is 0 Å². The highest BCUT2D eigenvalue weighted by molar-refractivity contribution is 5.69. The molecule has 0 aliphatic carbocycles. The normalized spacial score (nSPS) is 13.7. The molecule has 6 nitrogen and oxygen atoms in total. The molecule has 0 saturated carbocycles. The van der Waals surface area contributed by atoms with Gasteiger partial charge in [0.1, 0.15) is 19.3 Å². The molecule has 0 aromatic carbocycles. The maximum absolute atomic E-state index is 12.0. The predicted molar refractivity (Wildman–Crippen MR) is 220 cm³/mol. The highest BCUT2D eigenvalue weighted by Crippen LogP contribution is 2.17. The summed E-state index contributed by atoms with van der Waals surface area (Å²) in [6.07, 6.45) is 45.1. The lowest BCUT2D eigenvalue weighted by atomic mass is 9.99. The van der Waals surface area contributed by atoms with Gasteiger partial charge in [0.25, 0.3) is 0 Å². The molecular weight excluding hydrogens is 648 g/mol. The Morgan fingerprint density at radius 1 is 0.519 bits per heavy atom. The van der Waals surface area contributed by atoms with Crippen LogP contribution in [0.15, 0.2) is 36.5 Å². The Morgan fingerprint density at radius 2 is 0.923 bits per heavy atom. The first kappa shape index (κ1) is 50.1. The molecule has 3 atom stereocenters. The van der Waals surface area contributed by atoms with Gasteiger partial charge in [-0.25, -0.2) is 0 Å². The second-order valence-corrected chi connectivity index (χ2v) is 15.2. The van der Waals surface area contributed by atoms with Crippen molar-refractivity contribution in [3.05, 3.63) is 36.5 Å². The molecule has 0 amide bonds. The van der Waals surface area contributed by atoms with Gasteiger partial charge in [-0.05, 0) is 38.0 Å². The molecule has 0 rings (SSSR count). The summed E-state index contributed by atoms with van der Waals surface area (Å²) in [5, 5.41) is 20.1. The number of aliphatic hydroxyl groups excluding tert-OH is 2. The van der Waals surface area contributed by atoms with Crippen LogP contribution in [-0.4, -0.2) is 47.6 Å². The van der Waals surface area contributed by atoms with Crippen molar-refractivity contribution in [1.29, 1.82) is 0 Å². The lowest BCUT2D eigenvalue weighted by Crippen LogP contribution is -2.25. The van der Waals surface area contributed by atoms with Crippen molar-refractivity contribution in [3.8, 4) is 0 Å². The molecule has 0 aliphatic heterocycles. The summed E-state index contributed by atoms with van der Waals surface area (Å²) >= 11 is 0. The van der Waals surface area contributed by atoms with Gasteiger partial charge in [0.05, 0.1) is 6.10 Å². The molecule has 0 aromatic heterocycles. The standard InChI is InChI=1S/C46H84O6/c1-4-6-7-8-21-26-31-36-43(47)37-32-27-24-29-34-39-46(50)52-41-44(48)40-51-45(49)38-33-28-23-20-18-16-14-12-10-9-11-13-15-17-19-22-25-30-35-42(3)5-2/h6-7,21,26,31,36,42-44,47-48H,4-5,8-20,22-25,27-30,32-35,37-41H2,1-3H3/b7-6+,26-21+,36-31+/t42?,43?,44-/m0/s1. The van der Waals surface area contributed by atoms with Gasteiger partial charge in [-0.3, -0.25) is 9.59 Å². The lowest BCUT2D eigenvalue weighted by Gasteiger charge is -2.12. The Kier molecular flexibility index (Phi) is 38.8. The smallest absolute Gasteiger partial charge is 0.305 e. The number of ether oxygens (including phenoxy) is 2. The predicted octanol–water partition coefficient (Wildman–Crippen LogP) is 12.8. The van der Waals surface area contributed by atoms with Crippen molar-refractivity contribution in [1.82, 2.24) is 0 Å². The van der Waals surface area contributed by atoms with Crippen LogP contribution in [0.4, 0.5) is 0 Å². The van der Waals surface area contributed by atoms with Crippen LogP contribution in [-0.2, 0) is 19.1 Å². The first-order valence-corrected chi connectivity index (χ1v) is 22.0. The topological polar surface area (TPSA) is 93.1 Å². The zero-order chi connectivity index (χ0) is 38.2. The molecule has 0 spiro atoms. The summed E-state index contributed by atoms with van der Waals surface area (Å²) in [6.45, 7) is 6.50. The maximum atomic E-state index is 12.0. The fourth-order valence-electron chi connectivity index (χ4n) is 6.31. The fourth-order valence-corrected chi connectivity index (χ4v) is 6.31. The number of hydrogen-bond donors (Lipinski definition) is 2. The van der Waals surface area contributed by atoms with E-state index in [1.165, 1.54) is 109 Å². The number of unbranched alkanes of at least 4 members (excludes halogenated alkanes) is 21. The highest BCUT2D eigenvalue weighted by Gasteiger charge is 2.12. The summed E-state index contributed by atoms with van der Waals surface area (Å²) in [7, 11) is 0. The van der Waals surface area contributed by atoms with E-state index in [-0.39, 0.29) is 25.2 Å². The number of hydrogen-bond acceptors (Lipinski definition) is 6. The third-order valence-electron chi connectivity index (χ3n) is 10.0. The number of aliphatic hydroxyl groups is 2. The second-order valence-electron chi connectivity index (χ2n) is 15.2. The Morgan fingerprint density at radius 3 is 1.35 bits per heavy atom. The molecule has 0 radical (unpaired) electrons. The molecule has 2 unspecified atom stereocenters. The van der Waals surface area contributed by atoms with E-state index in [9.17, 15) is 19.8 Å². The second kappa shape index (κ2) is 40.3. The van der Waals surface area contributed by atoms with E-state index in [0.717, 1.165) is 76.5 Å². The van der Waals surface area contributed by atoms with Crippen LogP contribution in [0.5, 0.6) is 0 Å². The van der Waals surface area contributed by atoms with E-state index in [1.54, 1.807) is 0 Å². The third kappa shape index (κ3) is 39.3. The van der Waals surface area contributed by atoms with Crippen LogP contribution in [0.2, 0.25) is 0 Å². The Balaban J connectivity index is 3.45. The Labute approximate surface area is 321 Å². The molecule has 304 valence electrons. The Hall–Kier alpha value is -1.92. The molecule has 0 fully saturated rings. The van der Waals surface area contributed by atoms with Crippen molar-refractivity contribution < 1.29 is 29.3 Å². The first-order valence-electron chi connectivity index (χ1n) is 22.0. The van der Waals surface area contributed by atoms with E-state index < -0.39 is 12.2 Å². The largest absolute Gasteiger partial charge is 0.463 e. The summed E-state index contributed by atoms with van der Waals surface area (Å²) in [4.78, 5) is 24.0. The summed E-state index contributed by atoms with van der Waals surface area (Å²) < 4.78 is 10.3. The number of carbonyl (C=O) groups excluding carboxylic acids is 2. The van der Waals surface area contributed by atoms with Gasteiger partial charge in [-0.15, -0.1) is 0 Å². The molecule has 2 N–H and O–H groups in total. The summed E-state index contributed by atoms with van der Waals surface area (Å²) in [5.74, 6) is 0.278. The van der Waals surface area contributed by atoms with Crippen molar-refractivity contribution in [3.63, 3.8) is 0 Å². The van der Waals surface area contributed by atoms with Crippen molar-refractivity contribution in [2.24, 2.45) is 5.92 Å². The highest BCUT2D eigenvalue weighted by atomic mass is 16.6. The van der Waals surface area contributed by atoms with E-state index in [4.69, 9.17) is 9.47 Å². The molecule has 6 heteroatoms. The number of rotatable bonds is 39. The van der Waals surface area contributed by atoms with Crippen molar-refractivity contribution >= 4 is 11.9 Å². The van der Waals surface area contributed by atoms with E-state index in [1.807, 2.05) is 18.2 Å². The zero-order valence-corrected chi connectivity index (χ0v) is 34.4. The molecule has 0 heterocycles. The molecule has 0 bridgehead atoms. The zero-order valence-electron chi connectivity index (χ0n) is 34.4. The minimum Gasteiger partial charge on any atom is -0.463 e. The van der Waals surface area contributed by atoms with Gasteiger partial charge < -0.3 is 19.7 Å². The van der Waals surface area contributed by atoms with Crippen LogP contribution >= 0.6 is 0 Å². The first-order chi connectivity index (χ1) is 25.4. The average Bonchev–Trinajstić information content (AvgIpc) is 3.14. The quantitative estimate of drug-likeness (QED) is 0.0283. The molecule has 0 saturated heterocycles. The van der Waals surface area contributed by atoms with E-state index in [2.05, 4.69) is 39.0 Å². The third-order valence-corrected chi connectivity index (χ3v) is 10.0. The summed E-state index contributed by atoms with van der Waals surface area (Å²) in [6, 6.07) is 0. The van der Waals surface area contributed by atoms with Gasteiger partial charge in [-0.2, -0.15) is 0 Å². The van der Waals surface area contributed by atoms with Crippen molar-refractivity contribution in [2.75, 3.05) is 13.2 Å². The monoisotopic (exact) mass is 733 g/mol. The van der Waals surface area contributed by atoms with Gasteiger partial charge in [0, 0.05) is 12.8 Å². The van der Waals surface area contributed by atoms with Crippen molar-refractivity contribution in [2.45, 2.75) is 226 Å². The molecule has 0 aromatic rings. The molecule has 52 heavy (non-hydrogen) atoms. The SMILES string of the molecule is CC/C=C/C/C=C/C=C/C(O)CCCCCCCC(=O)OC[C@@H](O)COC(=O)CCCCCCCCCCCCCCCCCCCCC(C)CC. The maximum Gasteiger partial charge on any atom is 0.305 e. The number of carbonyl (C=O) groups is 2. The van der Waals surface area contributed by atoms with E-state index in [0.29, 0.717) is 12.8 Å². The lowest BCUT2D eigenvalue weighted by molar-refractivity contribution is -0.152. The molecular formula is C46H84O6. The fraction of sp³-hybridized carbons (Fsp3) is 0.826. The van der Waals surface area contributed by atoms with Crippen LogP contribution in [0.25, 0.3) is 0 Å². The van der Waals surface area contributed by atoms with Crippen LogP contribution in [0.3, 0.4) is 0 Å². The molecule has 0 aliphatic rings. The van der Waals surface area contributed by atoms with Crippen LogP contribution < -0.4 is 0 Å². The van der Waals surface area contributed by atoms with Crippen LogP contribution in [0, 0.1) is 5.92 Å².